The Balaban J connectivity index is 1.82. The van der Waals surface area contributed by atoms with Crippen LogP contribution in [0.5, 0.6) is 11.5 Å². The average molecular weight is 372 g/mol. The first kappa shape index (κ1) is 18.3. The summed E-state index contributed by atoms with van der Waals surface area (Å²) >= 11 is 5.99. The number of halogens is 1. The Morgan fingerprint density at radius 1 is 1.19 bits per heavy atom. The van der Waals surface area contributed by atoms with Crippen molar-refractivity contribution in [2.75, 3.05) is 20.8 Å². The van der Waals surface area contributed by atoms with Crippen LogP contribution in [-0.2, 0) is 11.2 Å². The first-order chi connectivity index (χ1) is 12.5. The van der Waals surface area contributed by atoms with Crippen LogP contribution in [-0.4, -0.2) is 31.6 Å². The van der Waals surface area contributed by atoms with Gasteiger partial charge in [-0.05, 0) is 60.4 Å². The Bertz CT molecular complexity index is 847. The number of rotatable bonds is 4. The molecule has 1 aliphatic rings. The summed E-state index contributed by atoms with van der Waals surface area (Å²) in [5, 5.41) is 0.654. The summed E-state index contributed by atoms with van der Waals surface area (Å²) in [5.41, 5.74) is 3.19. The van der Waals surface area contributed by atoms with Gasteiger partial charge in [-0.1, -0.05) is 23.7 Å². The van der Waals surface area contributed by atoms with Gasteiger partial charge in [0.1, 0.15) is 0 Å². The first-order valence-corrected chi connectivity index (χ1v) is 8.90. The van der Waals surface area contributed by atoms with Crippen molar-refractivity contribution in [2.45, 2.75) is 19.4 Å². The zero-order valence-corrected chi connectivity index (χ0v) is 15.9. The van der Waals surface area contributed by atoms with Crippen molar-refractivity contribution in [3.63, 3.8) is 0 Å². The van der Waals surface area contributed by atoms with Crippen molar-refractivity contribution < 1.29 is 14.3 Å². The third-order valence-electron chi connectivity index (χ3n) is 4.74. The first-order valence-electron chi connectivity index (χ1n) is 8.52. The van der Waals surface area contributed by atoms with Crippen LogP contribution in [0.2, 0.25) is 5.02 Å². The maximum atomic E-state index is 12.7. The number of nitrogens with zero attached hydrogens (tertiary/aromatic N) is 1. The predicted octanol–water partition coefficient (Wildman–Crippen LogP) is 4.52. The molecule has 0 spiro atoms. The smallest absolute Gasteiger partial charge is 0.247 e. The Kier molecular flexibility index (Phi) is 5.52. The topological polar surface area (TPSA) is 38.8 Å². The molecular formula is C21H22ClNO3. The van der Waals surface area contributed by atoms with E-state index in [-0.39, 0.29) is 11.9 Å². The van der Waals surface area contributed by atoms with Crippen LogP contribution < -0.4 is 9.47 Å². The van der Waals surface area contributed by atoms with Gasteiger partial charge in [-0.3, -0.25) is 4.79 Å². The number of hydrogen-bond donors (Lipinski definition) is 0. The van der Waals surface area contributed by atoms with Gasteiger partial charge in [-0.15, -0.1) is 0 Å². The van der Waals surface area contributed by atoms with Gasteiger partial charge in [0.05, 0.1) is 20.3 Å². The molecule has 0 saturated heterocycles. The molecule has 0 fully saturated rings. The molecule has 0 unspecified atom stereocenters. The lowest BCUT2D eigenvalue weighted by Crippen LogP contribution is -2.37. The van der Waals surface area contributed by atoms with Gasteiger partial charge in [0.2, 0.25) is 5.91 Å². The Morgan fingerprint density at radius 3 is 2.62 bits per heavy atom. The molecule has 1 amide bonds. The van der Waals surface area contributed by atoms with Crippen molar-refractivity contribution in [2.24, 2.45) is 0 Å². The van der Waals surface area contributed by atoms with E-state index in [4.69, 9.17) is 21.1 Å². The van der Waals surface area contributed by atoms with E-state index in [2.05, 4.69) is 0 Å². The van der Waals surface area contributed by atoms with Crippen molar-refractivity contribution >= 4 is 23.6 Å². The van der Waals surface area contributed by atoms with E-state index < -0.39 is 0 Å². The largest absolute Gasteiger partial charge is 0.493 e. The lowest BCUT2D eigenvalue weighted by molar-refractivity contribution is -0.128. The standard InChI is InChI=1S/C21H22ClNO3/c1-14-18-13-20(26-3)19(25-2)12-16(18)9-10-23(14)21(24)8-7-15-5-4-6-17(22)11-15/h4-8,11-14H,9-10H2,1-3H3/b8-7+/t14-/m0/s1. The zero-order valence-electron chi connectivity index (χ0n) is 15.2. The average Bonchev–Trinajstić information content (AvgIpc) is 2.65. The second-order valence-electron chi connectivity index (χ2n) is 6.25. The molecular weight excluding hydrogens is 350 g/mol. The minimum absolute atomic E-state index is 0.0158. The molecule has 2 aromatic rings. The Morgan fingerprint density at radius 2 is 1.92 bits per heavy atom. The number of methoxy groups -OCH3 is 2. The van der Waals surface area contributed by atoms with E-state index in [0.29, 0.717) is 17.3 Å². The lowest BCUT2D eigenvalue weighted by atomic mass is 9.92. The third-order valence-corrected chi connectivity index (χ3v) is 4.97. The van der Waals surface area contributed by atoms with Crippen molar-refractivity contribution in [1.29, 1.82) is 0 Å². The fraction of sp³-hybridized carbons (Fsp3) is 0.286. The SMILES string of the molecule is COc1cc2c(cc1OC)[C@H](C)N(C(=O)/C=C/c1cccc(Cl)c1)CC2. The molecule has 3 rings (SSSR count). The van der Waals surface area contributed by atoms with E-state index in [0.717, 1.165) is 23.3 Å². The summed E-state index contributed by atoms with van der Waals surface area (Å²) in [4.78, 5) is 14.6. The van der Waals surface area contributed by atoms with Crippen molar-refractivity contribution in [3.05, 3.63) is 64.2 Å². The molecule has 1 aliphatic heterocycles. The minimum atomic E-state index is -0.0323. The number of hydrogen-bond acceptors (Lipinski definition) is 3. The number of fused-ring (bicyclic) bond motifs is 1. The van der Waals surface area contributed by atoms with Crippen molar-refractivity contribution in [3.8, 4) is 11.5 Å². The second kappa shape index (κ2) is 7.83. The van der Waals surface area contributed by atoms with Crippen LogP contribution in [0.1, 0.15) is 29.7 Å². The van der Waals surface area contributed by atoms with Crippen LogP contribution in [0, 0.1) is 0 Å². The Labute approximate surface area is 159 Å². The highest BCUT2D eigenvalue weighted by molar-refractivity contribution is 6.30. The van der Waals surface area contributed by atoms with Gasteiger partial charge >= 0.3 is 0 Å². The third kappa shape index (κ3) is 3.70. The normalized spacial score (nSPS) is 16.5. The van der Waals surface area contributed by atoms with Gasteiger partial charge in [-0.25, -0.2) is 0 Å². The zero-order chi connectivity index (χ0) is 18.7. The maximum Gasteiger partial charge on any atom is 0.247 e. The summed E-state index contributed by atoms with van der Waals surface area (Å²) in [7, 11) is 3.25. The van der Waals surface area contributed by atoms with Crippen LogP contribution >= 0.6 is 11.6 Å². The molecule has 0 N–H and O–H groups in total. The van der Waals surface area contributed by atoms with E-state index in [1.807, 2.05) is 48.2 Å². The molecule has 1 atom stereocenters. The molecule has 5 heteroatoms. The number of carbonyl (C=O) groups is 1. The van der Waals surface area contributed by atoms with Gasteiger partial charge < -0.3 is 14.4 Å². The summed E-state index contributed by atoms with van der Waals surface area (Å²) < 4.78 is 10.8. The van der Waals surface area contributed by atoms with Crippen LogP contribution in [0.15, 0.2) is 42.5 Å². The molecule has 0 saturated carbocycles. The van der Waals surface area contributed by atoms with E-state index in [1.54, 1.807) is 26.4 Å². The molecule has 4 nitrogen and oxygen atoms in total. The van der Waals surface area contributed by atoms with Gasteiger partial charge in [0.15, 0.2) is 11.5 Å². The fourth-order valence-electron chi connectivity index (χ4n) is 3.32. The van der Waals surface area contributed by atoms with Gasteiger partial charge in [0, 0.05) is 17.6 Å². The molecule has 1 heterocycles. The lowest BCUT2D eigenvalue weighted by Gasteiger charge is -2.35. The fourth-order valence-corrected chi connectivity index (χ4v) is 3.52. The molecule has 136 valence electrons. The molecule has 0 radical (unpaired) electrons. The summed E-state index contributed by atoms with van der Waals surface area (Å²) in [5.74, 6) is 1.39. The monoisotopic (exact) mass is 371 g/mol. The number of ether oxygens (including phenoxy) is 2. The van der Waals surface area contributed by atoms with E-state index >= 15 is 0 Å². The van der Waals surface area contributed by atoms with Gasteiger partial charge in [0.25, 0.3) is 0 Å². The molecule has 0 aliphatic carbocycles. The summed E-state index contributed by atoms with van der Waals surface area (Å²) in [6.07, 6.45) is 4.19. The van der Waals surface area contributed by atoms with E-state index in [1.165, 1.54) is 5.56 Å². The molecule has 2 aromatic carbocycles. The number of carbonyl (C=O) groups excluding carboxylic acids is 1. The number of amides is 1. The summed E-state index contributed by atoms with van der Waals surface area (Å²) in [6, 6.07) is 11.4. The highest BCUT2D eigenvalue weighted by Gasteiger charge is 2.28. The van der Waals surface area contributed by atoms with Crippen LogP contribution in [0.4, 0.5) is 0 Å². The van der Waals surface area contributed by atoms with Crippen LogP contribution in [0.25, 0.3) is 6.08 Å². The highest BCUT2D eigenvalue weighted by atomic mass is 35.5. The second-order valence-corrected chi connectivity index (χ2v) is 6.69. The predicted molar refractivity (Wildman–Crippen MR) is 104 cm³/mol. The van der Waals surface area contributed by atoms with Crippen molar-refractivity contribution in [1.82, 2.24) is 4.90 Å². The van der Waals surface area contributed by atoms with Crippen LogP contribution in [0.3, 0.4) is 0 Å². The molecule has 0 aromatic heterocycles. The summed E-state index contributed by atoms with van der Waals surface area (Å²) in [6.45, 7) is 2.71. The van der Waals surface area contributed by atoms with Gasteiger partial charge in [-0.2, -0.15) is 0 Å². The number of benzene rings is 2. The minimum Gasteiger partial charge on any atom is -0.493 e. The Hall–Kier alpha value is -2.46. The van der Waals surface area contributed by atoms with E-state index in [9.17, 15) is 4.79 Å². The quantitative estimate of drug-likeness (QED) is 0.742. The molecule has 0 bridgehead atoms. The molecule has 26 heavy (non-hydrogen) atoms. The highest BCUT2D eigenvalue weighted by Crippen LogP contribution is 2.37. The maximum absolute atomic E-state index is 12.7.